The zero-order chi connectivity index (χ0) is 14.9. The SMILES string of the molecule is Cc1nc(N)sc1C(=O)N(C)Cc1cc(Cl)cc(Cl)c1. The van der Waals surface area contributed by atoms with Crippen LogP contribution < -0.4 is 5.73 Å². The van der Waals surface area contributed by atoms with Crippen molar-refractivity contribution in [3.8, 4) is 0 Å². The Hall–Kier alpha value is -1.30. The highest BCUT2D eigenvalue weighted by Crippen LogP contribution is 2.23. The molecule has 1 heterocycles. The number of rotatable bonds is 3. The molecule has 0 aliphatic carbocycles. The van der Waals surface area contributed by atoms with Crippen LogP contribution in [-0.2, 0) is 6.54 Å². The van der Waals surface area contributed by atoms with Crippen molar-refractivity contribution < 1.29 is 4.79 Å². The lowest BCUT2D eigenvalue weighted by molar-refractivity contribution is 0.0789. The number of hydrogen-bond acceptors (Lipinski definition) is 4. The van der Waals surface area contributed by atoms with Crippen molar-refractivity contribution in [2.45, 2.75) is 13.5 Å². The molecule has 0 saturated carbocycles. The van der Waals surface area contributed by atoms with Gasteiger partial charge in [-0.25, -0.2) is 4.98 Å². The Morgan fingerprint density at radius 2 is 1.95 bits per heavy atom. The Morgan fingerprint density at radius 3 is 2.45 bits per heavy atom. The number of carbonyl (C=O) groups excluding carboxylic acids is 1. The molecule has 4 nitrogen and oxygen atoms in total. The minimum Gasteiger partial charge on any atom is -0.375 e. The Bertz CT molecular complexity index is 637. The van der Waals surface area contributed by atoms with Crippen molar-refractivity contribution in [3.05, 3.63) is 44.4 Å². The predicted octanol–water partition coefficient (Wildman–Crippen LogP) is 3.61. The summed E-state index contributed by atoms with van der Waals surface area (Å²) in [6.07, 6.45) is 0. The zero-order valence-corrected chi connectivity index (χ0v) is 13.3. The van der Waals surface area contributed by atoms with Crippen LogP contribution in [-0.4, -0.2) is 22.8 Å². The summed E-state index contributed by atoms with van der Waals surface area (Å²) in [6.45, 7) is 2.18. The lowest BCUT2D eigenvalue weighted by Crippen LogP contribution is -2.26. The van der Waals surface area contributed by atoms with E-state index < -0.39 is 0 Å². The van der Waals surface area contributed by atoms with Crippen LogP contribution in [0.2, 0.25) is 10.0 Å². The summed E-state index contributed by atoms with van der Waals surface area (Å²) >= 11 is 13.1. The second-order valence-corrected chi connectivity index (χ2v) is 6.31. The summed E-state index contributed by atoms with van der Waals surface area (Å²) in [7, 11) is 1.71. The molecular weight excluding hydrogens is 317 g/mol. The first-order chi connectivity index (χ1) is 9.36. The number of hydrogen-bond donors (Lipinski definition) is 1. The maximum absolute atomic E-state index is 12.3. The molecule has 0 radical (unpaired) electrons. The van der Waals surface area contributed by atoms with Gasteiger partial charge in [0.05, 0.1) is 5.69 Å². The van der Waals surface area contributed by atoms with Crippen molar-refractivity contribution >= 4 is 45.6 Å². The molecule has 2 rings (SSSR count). The molecule has 1 aromatic heterocycles. The molecule has 0 spiro atoms. The number of aryl methyl sites for hydroxylation is 1. The number of halogens is 2. The number of nitrogens with two attached hydrogens (primary N) is 1. The minimum absolute atomic E-state index is 0.118. The van der Waals surface area contributed by atoms with E-state index in [0.717, 1.165) is 5.56 Å². The van der Waals surface area contributed by atoms with Crippen LogP contribution in [0.5, 0.6) is 0 Å². The molecule has 2 N–H and O–H groups in total. The monoisotopic (exact) mass is 329 g/mol. The van der Waals surface area contributed by atoms with E-state index in [1.54, 1.807) is 37.1 Å². The Labute approximate surface area is 131 Å². The molecule has 7 heteroatoms. The lowest BCUT2D eigenvalue weighted by atomic mass is 10.2. The van der Waals surface area contributed by atoms with Crippen LogP contribution in [0.1, 0.15) is 20.9 Å². The standard InChI is InChI=1S/C13H13Cl2N3OS/c1-7-11(20-13(16)17-7)12(19)18(2)6-8-3-9(14)5-10(15)4-8/h3-5H,6H2,1-2H3,(H2,16,17). The molecule has 0 unspecified atom stereocenters. The van der Waals surface area contributed by atoms with Gasteiger partial charge >= 0.3 is 0 Å². The van der Waals surface area contributed by atoms with E-state index in [2.05, 4.69) is 4.98 Å². The topological polar surface area (TPSA) is 59.2 Å². The number of carbonyl (C=O) groups is 1. The largest absolute Gasteiger partial charge is 0.375 e. The van der Waals surface area contributed by atoms with Gasteiger partial charge in [-0.1, -0.05) is 34.5 Å². The molecule has 2 aromatic rings. The number of thiazole rings is 1. The molecule has 20 heavy (non-hydrogen) atoms. The molecule has 0 aliphatic rings. The molecule has 1 amide bonds. The van der Waals surface area contributed by atoms with Crippen molar-refractivity contribution in [2.24, 2.45) is 0 Å². The maximum atomic E-state index is 12.3. The zero-order valence-electron chi connectivity index (χ0n) is 11.0. The normalized spacial score (nSPS) is 10.6. The molecule has 1 aromatic carbocycles. The van der Waals surface area contributed by atoms with Gasteiger partial charge in [0.2, 0.25) is 0 Å². The van der Waals surface area contributed by atoms with E-state index >= 15 is 0 Å². The van der Waals surface area contributed by atoms with Gasteiger partial charge in [0.1, 0.15) is 4.88 Å². The number of benzene rings is 1. The fourth-order valence-corrected chi connectivity index (χ4v) is 3.24. The minimum atomic E-state index is -0.118. The van der Waals surface area contributed by atoms with Gasteiger partial charge in [-0.3, -0.25) is 4.79 Å². The number of nitrogen functional groups attached to an aromatic ring is 1. The summed E-state index contributed by atoms with van der Waals surface area (Å²) < 4.78 is 0. The van der Waals surface area contributed by atoms with E-state index in [0.29, 0.717) is 32.3 Å². The number of aromatic nitrogens is 1. The second kappa shape index (κ2) is 5.99. The van der Waals surface area contributed by atoms with Gasteiger partial charge in [0.15, 0.2) is 5.13 Å². The third-order valence-corrected chi connectivity index (χ3v) is 4.11. The highest BCUT2D eigenvalue weighted by atomic mass is 35.5. The highest BCUT2D eigenvalue weighted by Gasteiger charge is 2.18. The van der Waals surface area contributed by atoms with Crippen LogP contribution in [0.15, 0.2) is 18.2 Å². The summed E-state index contributed by atoms with van der Waals surface area (Å²) in [5.41, 5.74) is 7.13. The Kier molecular flexibility index (Phi) is 4.52. The quantitative estimate of drug-likeness (QED) is 0.935. The van der Waals surface area contributed by atoms with E-state index in [1.165, 1.54) is 11.3 Å². The molecule has 0 saturated heterocycles. The van der Waals surface area contributed by atoms with Crippen LogP contribution in [0, 0.1) is 6.92 Å². The van der Waals surface area contributed by atoms with Gasteiger partial charge in [0.25, 0.3) is 5.91 Å². The predicted molar refractivity (Wildman–Crippen MR) is 83.5 cm³/mol. The molecule has 106 valence electrons. The van der Waals surface area contributed by atoms with E-state index in [1.807, 2.05) is 0 Å². The van der Waals surface area contributed by atoms with Gasteiger partial charge in [-0.05, 0) is 30.7 Å². The highest BCUT2D eigenvalue weighted by molar-refractivity contribution is 7.17. The van der Waals surface area contributed by atoms with E-state index in [9.17, 15) is 4.79 Å². The smallest absolute Gasteiger partial charge is 0.265 e. The molecule has 0 atom stereocenters. The van der Waals surface area contributed by atoms with Crippen molar-refractivity contribution in [1.82, 2.24) is 9.88 Å². The van der Waals surface area contributed by atoms with Crippen molar-refractivity contribution in [1.29, 1.82) is 0 Å². The van der Waals surface area contributed by atoms with E-state index in [4.69, 9.17) is 28.9 Å². The fourth-order valence-electron chi connectivity index (χ4n) is 1.84. The number of amides is 1. The first-order valence-electron chi connectivity index (χ1n) is 5.80. The second-order valence-electron chi connectivity index (χ2n) is 4.41. The third-order valence-electron chi connectivity index (χ3n) is 2.70. The fraction of sp³-hybridized carbons (Fsp3) is 0.231. The summed E-state index contributed by atoms with van der Waals surface area (Å²) in [5, 5.41) is 1.49. The molecule has 0 aliphatic heterocycles. The van der Waals surface area contributed by atoms with Gasteiger partial charge < -0.3 is 10.6 Å². The summed E-state index contributed by atoms with van der Waals surface area (Å²) in [6, 6.07) is 5.22. The average Bonchev–Trinajstić information content (AvgIpc) is 2.66. The first kappa shape index (κ1) is 15.1. The van der Waals surface area contributed by atoms with Gasteiger partial charge in [-0.2, -0.15) is 0 Å². The third kappa shape index (κ3) is 3.42. The van der Waals surface area contributed by atoms with Crippen molar-refractivity contribution in [3.63, 3.8) is 0 Å². The van der Waals surface area contributed by atoms with Crippen LogP contribution in [0.3, 0.4) is 0 Å². The first-order valence-corrected chi connectivity index (χ1v) is 7.37. The maximum Gasteiger partial charge on any atom is 0.265 e. The number of nitrogens with zero attached hydrogens (tertiary/aromatic N) is 2. The molecule has 0 bridgehead atoms. The summed E-state index contributed by atoms with van der Waals surface area (Å²) in [4.78, 5) is 18.5. The molecular formula is C13H13Cl2N3OS. The van der Waals surface area contributed by atoms with Crippen LogP contribution in [0.25, 0.3) is 0 Å². The van der Waals surface area contributed by atoms with Crippen LogP contribution in [0.4, 0.5) is 5.13 Å². The van der Waals surface area contributed by atoms with Gasteiger partial charge in [-0.15, -0.1) is 0 Å². The van der Waals surface area contributed by atoms with Crippen LogP contribution >= 0.6 is 34.5 Å². The van der Waals surface area contributed by atoms with E-state index in [-0.39, 0.29) is 5.91 Å². The van der Waals surface area contributed by atoms with Crippen molar-refractivity contribution in [2.75, 3.05) is 12.8 Å². The summed E-state index contributed by atoms with van der Waals surface area (Å²) in [5.74, 6) is -0.118. The molecule has 0 fully saturated rings. The van der Waals surface area contributed by atoms with Gasteiger partial charge in [0, 0.05) is 23.6 Å². The average molecular weight is 330 g/mol. The lowest BCUT2D eigenvalue weighted by Gasteiger charge is -2.17. The Balaban J connectivity index is 2.17. The number of anilines is 1. The Morgan fingerprint density at radius 1 is 1.35 bits per heavy atom.